The Morgan fingerprint density at radius 3 is 2.61 bits per heavy atom. The number of hydrogen-bond donors (Lipinski definition) is 2. The number of nitrogens with zero attached hydrogens (tertiary/aromatic N) is 1. The van der Waals surface area contributed by atoms with E-state index in [0.717, 1.165) is 6.42 Å². The molecule has 0 spiro atoms. The smallest absolute Gasteiger partial charge is 0.321 e. The molecule has 0 heterocycles. The van der Waals surface area contributed by atoms with Crippen LogP contribution in [0.5, 0.6) is 0 Å². The summed E-state index contributed by atoms with van der Waals surface area (Å²) in [4.78, 5) is 24.7. The van der Waals surface area contributed by atoms with E-state index < -0.39 is 0 Å². The molecule has 0 aliphatic heterocycles. The fraction of sp³-hybridized carbons (Fsp3) is 0.385. The van der Waals surface area contributed by atoms with Gasteiger partial charge in [0.1, 0.15) is 0 Å². The zero-order chi connectivity index (χ0) is 13.5. The fourth-order valence-corrected chi connectivity index (χ4v) is 1.31. The Bertz CT molecular complexity index is 430. The van der Waals surface area contributed by atoms with Crippen molar-refractivity contribution in [3.05, 3.63) is 29.8 Å². The third-order valence-electron chi connectivity index (χ3n) is 2.32. The van der Waals surface area contributed by atoms with E-state index in [4.69, 9.17) is 0 Å². The summed E-state index contributed by atoms with van der Waals surface area (Å²) in [5, 5.41) is 5.49. The van der Waals surface area contributed by atoms with Crippen LogP contribution < -0.4 is 10.6 Å². The van der Waals surface area contributed by atoms with E-state index in [2.05, 4.69) is 10.6 Å². The standard InChI is InChI=1S/C13H19N3O2/c1-4-8-14-12(17)10-6-5-7-11(9-10)15-13(18)16(2)3/h5-7,9H,4,8H2,1-3H3,(H,14,17)(H,15,18). The number of carbonyl (C=O) groups excluding carboxylic acids is 2. The van der Waals surface area contributed by atoms with Crippen molar-refractivity contribution in [2.75, 3.05) is 26.0 Å². The van der Waals surface area contributed by atoms with Crippen LogP contribution in [0.4, 0.5) is 10.5 Å². The number of urea groups is 1. The third kappa shape index (κ3) is 4.08. The van der Waals surface area contributed by atoms with Gasteiger partial charge >= 0.3 is 6.03 Å². The largest absolute Gasteiger partial charge is 0.352 e. The first-order valence-electron chi connectivity index (χ1n) is 5.91. The van der Waals surface area contributed by atoms with Crippen molar-refractivity contribution in [3.8, 4) is 0 Å². The number of carbonyl (C=O) groups is 2. The minimum Gasteiger partial charge on any atom is -0.352 e. The van der Waals surface area contributed by atoms with E-state index in [0.29, 0.717) is 17.8 Å². The first-order valence-corrected chi connectivity index (χ1v) is 5.91. The average Bonchev–Trinajstić information content (AvgIpc) is 2.36. The first kappa shape index (κ1) is 14.0. The van der Waals surface area contributed by atoms with Crippen LogP contribution >= 0.6 is 0 Å². The Balaban J connectivity index is 2.73. The number of nitrogens with one attached hydrogen (secondary N) is 2. The highest BCUT2D eigenvalue weighted by Gasteiger charge is 2.07. The monoisotopic (exact) mass is 249 g/mol. The van der Waals surface area contributed by atoms with Gasteiger partial charge in [-0.1, -0.05) is 13.0 Å². The molecule has 0 bridgehead atoms. The summed E-state index contributed by atoms with van der Waals surface area (Å²) < 4.78 is 0. The van der Waals surface area contributed by atoms with Crippen LogP contribution in [0.1, 0.15) is 23.7 Å². The Morgan fingerprint density at radius 1 is 1.28 bits per heavy atom. The lowest BCUT2D eigenvalue weighted by Gasteiger charge is -2.12. The van der Waals surface area contributed by atoms with E-state index in [1.165, 1.54) is 4.90 Å². The molecule has 0 radical (unpaired) electrons. The molecule has 0 aliphatic rings. The number of anilines is 1. The lowest BCUT2D eigenvalue weighted by Crippen LogP contribution is -2.27. The zero-order valence-electron chi connectivity index (χ0n) is 11.0. The fourth-order valence-electron chi connectivity index (χ4n) is 1.31. The normalized spacial score (nSPS) is 9.72. The number of rotatable bonds is 4. The summed E-state index contributed by atoms with van der Waals surface area (Å²) in [5.41, 5.74) is 1.15. The van der Waals surface area contributed by atoms with Crippen LogP contribution in [0, 0.1) is 0 Å². The minimum absolute atomic E-state index is 0.127. The number of benzene rings is 1. The van der Waals surface area contributed by atoms with Crippen molar-refractivity contribution < 1.29 is 9.59 Å². The summed E-state index contributed by atoms with van der Waals surface area (Å²) in [6.45, 7) is 2.64. The lowest BCUT2D eigenvalue weighted by atomic mass is 10.2. The molecule has 0 fully saturated rings. The number of amides is 3. The van der Waals surface area contributed by atoms with Crippen LogP contribution in [0.15, 0.2) is 24.3 Å². The summed E-state index contributed by atoms with van der Waals surface area (Å²) in [6.07, 6.45) is 0.892. The van der Waals surface area contributed by atoms with Crippen molar-refractivity contribution in [1.82, 2.24) is 10.2 Å². The molecule has 5 nitrogen and oxygen atoms in total. The topological polar surface area (TPSA) is 61.4 Å². The van der Waals surface area contributed by atoms with Gasteiger partial charge in [-0.2, -0.15) is 0 Å². The second kappa shape index (κ2) is 6.64. The van der Waals surface area contributed by atoms with E-state index >= 15 is 0 Å². The van der Waals surface area contributed by atoms with Crippen LogP contribution in [0.25, 0.3) is 0 Å². The van der Waals surface area contributed by atoms with Gasteiger partial charge in [-0.3, -0.25) is 4.79 Å². The zero-order valence-corrected chi connectivity index (χ0v) is 11.0. The SMILES string of the molecule is CCCNC(=O)c1cccc(NC(=O)N(C)C)c1. The van der Waals surface area contributed by atoms with E-state index in [9.17, 15) is 9.59 Å². The first-order chi connectivity index (χ1) is 8.54. The van der Waals surface area contributed by atoms with Gasteiger partial charge in [0.2, 0.25) is 0 Å². The van der Waals surface area contributed by atoms with E-state index in [1.807, 2.05) is 6.92 Å². The Labute approximate surface area is 107 Å². The molecule has 98 valence electrons. The summed E-state index contributed by atoms with van der Waals surface area (Å²) >= 11 is 0. The molecular formula is C13H19N3O2. The predicted molar refractivity (Wildman–Crippen MR) is 71.8 cm³/mol. The van der Waals surface area contributed by atoms with E-state index in [-0.39, 0.29) is 11.9 Å². The van der Waals surface area contributed by atoms with Crippen molar-refractivity contribution in [2.24, 2.45) is 0 Å². The van der Waals surface area contributed by atoms with Crippen LogP contribution in [-0.2, 0) is 0 Å². The van der Waals surface area contributed by atoms with Gasteiger partial charge in [0, 0.05) is 31.9 Å². The molecule has 5 heteroatoms. The van der Waals surface area contributed by atoms with Crippen molar-refractivity contribution >= 4 is 17.6 Å². The molecule has 0 saturated carbocycles. The Kier molecular flexibility index (Phi) is 5.17. The molecule has 0 aliphatic carbocycles. The summed E-state index contributed by atoms with van der Waals surface area (Å²) in [7, 11) is 3.32. The van der Waals surface area contributed by atoms with Gasteiger partial charge in [0.15, 0.2) is 0 Å². The van der Waals surface area contributed by atoms with Gasteiger partial charge in [0.05, 0.1) is 0 Å². The molecule has 0 atom stereocenters. The molecule has 1 aromatic rings. The van der Waals surface area contributed by atoms with Crippen molar-refractivity contribution in [1.29, 1.82) is 0 Å². The third-order valence-corrected chi connectivity index (χ3v) is 2.32. The highest BCUT2D eigenvalue weighted by Crippen LogP contribution is 2.11. The van der Waals surface area contributed by atoms with Crippen molar-refractivity contribution in [2.45, 2.75) is 13.3 Å². The summed E-state index contributed by atoms with van der Waals surface area (Å²) in [6, 6.07) is 6.65. The highest BCUT2D eigenvalue weighted by molar-refractivity contribution is 5.96. The molecular weight excluding hydrogens is 230 g/mol. The van der Waals surface area contributed by atoms with Gasteiger partial charge in [-0.15, -0.1) is 0 Å². The minimum atomic E-state index is -0.221. The molecule has 0 aromatic heterocycles. The lowest BCUT2D eigenvalue weighted by molar-refractivity contribution is 0.0953. The number of hydrogen-bond acceptors (Lipinski definition) is 2. The van der Waals surface area contributed by atoms with Crippen molar-refractivity contribution in [3.63, 3.8) is 0 Å². The Morgan fingerprint density at radius 2 is 2.00 bits per heavy atom. The second-order valence-electron chi connectivity index (χ2n) is 4.16. The van der Waals surface area contributed by atoms with Crippen LogP contribution in [0.3, 0.4) is 0 Å². The average molecular weight is 249 g/mol. The molecule has 0 unspecified atom stereocenters. The van der Waals surface area contributed by atoms with Crippen LogP contribution in [-0.4, -0.2) is 37.5 Å². The molecule has 2 N–H and O–H groups in total. The maximum atomic E-state index is 11.7. The summed E-state index contributed by atoms with van der Waals surface area (Å²) in [5.74, 6) is -0.127. The quantitative estimate of drug-likeness (QED) is 0.856. The van der Waals surface area contributed by atoms with Gasteiger partial charge in [-0.05, 0) is 24.6 Å². The van der Waals surface area contributed by atoms with Gasteiger partial charge < -0.3 is 15.5 Å². The van der Waals surface area contributed by atoms with Gasteiger partial charge in [0.25, 0.3) is 5.91 Å². The highest BCUT2D eigenvalue weighted by atomic mass is 16.2. The van der Waals surface area contributed by atoms with E-state index in [1.54, 1.807) is 38.4 Å². The molecule has 1 aromatic carbocycles. The Hall–Kier alpha value is -2.04. The molecule has 0 saturated heterocycles. The van der Waals surface area contributed by atoms with Gasteiger partial charge in [-0.25, -0.2) is 4.79 Å². The maximum absolute atomic E-state index is 11.7. The second-order valence-corrected chi connectivity index (χ2v) is 4.16. The molecule has 18 heavy (non-hydrogen) atoms. The molecule has 3 amide bonds. The maximum Gasteiger partial charge on any atom is 0.321 e. The van der Waals surface area contributed by atoms with Crippen LogP contribution in [0.2, 0.25) is 0 Å². The molecule has 1 rings (SSSR count). The predicted octanol–water partition coefficient (Wildman–Crippen LogP) is 1.92.